The number of rotatable bonds is 2. The van der Waals surface area contributed by atoms with Gasteiger partial charge in [0, 0.05) is 0 Å². The van der Waals surface area contributed by atoms with Crippen LogP contribution in [0, 0.1) is 22.7 Å². The van der Waals surface area contributed by atoms with Gasteiger partial charge in [0.2, 0.25) is 0 Å². The standard InChI is InChI=1S/2C16H15N/c2*17-12-16(9-3-4-10-16)15-8-7-13-5-1-2-6-14(13)11-15/h2*1-2,5-8,11H,3-4,9-10H2. The van der Waals surface area contributed by atoms with Crippen molar-refractivity contribution in [1.82, 2.24) is 0 Å². The van der Waals surface area contributed by atoms with Gasteiger partial charge in [0.25, 0.3) is 0 Å². The molecule has 0 heterocycles. The van der Waals surface area contributed by atoms with Gasteiger partial charge in [-0.05, 0) is 70.5 Å². The molecule has 0 N–H and O–H groups in total. The summed E-state index contributed by atoms with van der Waals surface area (Å²) in [6, 6.07) is 34.8. The molecular weight excluding hydrogens is 412 g/mol. The minimum absolute atomic E-state index is 0.218. The summed E-state index contributed by atoms with van der Waals surface area (Å²) in [5, 5.41) is 24.0. The average Bonchev–Trinajstić information content (AvgIpc) is 3.60. The highest BCUT2D eigenvalue weighted by Gasteiger charge is 2.36. The van der Waals surface area contributed by atoms with Crippen LogP contribution in [0.2, 0.25) is 0 Å². The van der Waals surface area contributed by atoms with E-state index in [9.17, 15) is 10.5 Å². The Morgan fingerprint density at radius 3 is 1.18 bits per heavy atom. The molecule has 0 aliphatic heterocycles. The Morgan fingerprint density at radius 2 is 0.824 bits per heavy atom. The molecular formula is C32H30N2. The highest BCUT2D eigenvalue weighted by Crippen LogP contribution is 2.42. The largest absolute Gasteiger partial charge is 0.197 e. The third kappa shape index (κ3) is 4.06. The zero-order valence-corrected chi connectivity index (χ0v) is 19.6. The molecule has 0 spiro atoms. The van der Waals surface area contributed by atoms with E-state index in [0.717, 1.165) is 25.7 Å². The maximum atomic E-state index is 9.49. The number of hydrogen-bond donors (Lipinski definition) is 0. The molecule has 0 atom stereocenters. The number of benzene rings is 4. The molecule has 2 nitrogen and oxygen atoms in total. The van der Waals surface area contributed by atoms with E-state index in [1.807, 2.05) is 0 Å². The molecule has 0 amide bonds. The third-order valence-corrected chi connectivity index (χ3v) is 7.95. The van der Waals surface area contributed by atoms with Crippen LogP contribution in [0.25, 0.3) is 21.5 Å². The van der Waals surface area contributed by atoms with E-state index in [0.29, 0.717) is 0 Å². The van der Waals surface area contributed by atoms with Crippen LogP contribution in [0.4, 0.5) is 0 Å². The first kappa shape index (κ1) is 22.2. The molecule has 0 aromatic heterocycles. The monoisotopic (exact) mass is 442 g/mol. The lowest BCUT2D eigenvalue weighted by Crippen LogP contribution is -2.18. The third-order valence-electron chi connectivity index (χ3n) is 7.95. The van der Waals surface area contributed by atoms with Crippen LogP contribution < -0.4 is 0 Å². The highest BCUT2D eigenvalue weighted by atomic mass is 14.4. The number of fused-ring (bicyclic) bond motifs is 2. The van der Waals surface area contributed by atoms with Crippen molar-refractivity contribution < 1.29 is 0 Å². The lowest BCUT2D eigenvalue weighted by Gasteiger charge is -2.21. The van der Waals surface area contributed by atoms with Crippen LogP contribution in [0.5, 0.6) is 0 Å². The Labute approximate surface area is 202 Å². The van der Waals surface area contributed by atoms with Gasteiger partial charge in [-0.2, -0.15) is 10.5 Å². The van der Waals surface area contributed by atoms with Crippen molar-refractivity contribution in [1.29, 1.82) is 10.5 Å². The first-order valence-corrected chi connectivity index (χ1v) is 12.5. The number of hydrogen-bond acceptors (Lipinski definition) is 2. The Hall–Kier alpha value is -3.62. The predicted octanol–water partition coefficient (Wildman–Crippen LogP) is 8.35. The quantitative estimate of drug-likeness (QED) is 0.313. The van der Waals surface area contributed by atoms with E-state index in [4.69, 9.17) is 0 Å². The van der Waals surface area contributed by atoms with E-state index in [1.165, 1.54) is 58.4 Å². The first-order valence-electron chi connectivity index (χ1n) is 12.5. The Bertz CT molecular complexity index is 1280. The first-order chi connectivity index (χ1) is 16.7. The topological polar surface area (TPSA) is 47.6 Å². The molecule has 2 fully saturated rings. The Kier molecular flexibility index (Phi) is 6.08. The molecule has 0 radical (unpaired) electrons. The maximum absolute atomic E-state index is 9.49. The minimum Gasteiger partial charge on any atom is -0.197 e. The zero-order valence-electron chi connectivity index (χ0n) is 19.6. The molecule has 2 saturated carbocycles. The number of nitrogens with zero attached hydrogens (tertiary/aromatic N) is 2. The van der Waals surface area contributed by atoms with Crippen LogP contribution in [-0.2, 0) is 10.8 Å². The van der Waals surface area contributed by atoms with Crippen LogP contribution in [0.15, 0.2) is 84.9 Å². The fourth-order valence-electron chi connectivity index (χ4n) is 5.86. The zero-order chi connectivity index (χ0) is 23.4. The van der Waals surface area contributed by atoms with Crippen LogP contribution in [-0.4, -0.2) is 0 Å². The van der Waals surface area contributed by atoms with Gasteiger partial charge in [-0.3, -0.25) is 0 Å². The van der Waals surface area contributed by atoms with Gasteiger partial charge in [0.15, 0.2) is 0 Å². The summed E-state index contributed by atoms with van der Waals surface area (Å²) in [4.78, 5) is 0. The lowest BCUT2D eigenvalue weighted by molar-refractivity contribution is 0.574. The second-order valence-corrected chi connectivity index (χ2v) is 9.93. The molecule has 6 rings (SSSR count). The van der Waals surface area contributed by atoms with Gasteiger partial charge in [0.1, 0.15) is 0 Å². The van der Waals surface area contributed by atoms with Gasteiger partial charge in [-0.1, -0.05) is 98.5 Å². The predicted molar refractivity (Wildman–Crippen MR) is 139 cm³/mol. The second-order valence-electron chi connectivity index (χ2n) is 9.93. The SMILES string of the molecule is N#CC1(c2ccc3ccccc3c2)CCCC1.N#CC1(c2ccc3ccccc3c2)CCCC1. The molecule has 34 heavy (non-hydrogen) atoms. The van der Waals surface area contributed by atoms with Gasteiger partial charge in [-0.15, -0.1) is 0 Å². The summed E-state index contributed by atoms with van der Waals surface area (Å²) < 4.78 is 0. The smallest absolute Gasteiger partial charge is 0.0822 e. The molecule has 0 saturated heterocycles. The van der Waals surface area contributed by atoms with E-state index in [1.54, 1.807) is 0 Å². The Balaban J connectivity index is 0.000000142. The van der Waals surface area contributed by atoms with Gasteiger partial charge < -0.3 is 0 Å². The van der Waals surface area contributed by atoms with Crippen molar-refractivity contribution in [2.45, 2.75) is 62.2 Å². The molecule has 4 aromatic carbocycles. The highest BCUT2D eigenvalue weighted by molar-refractivity contribution is 5.84. The molecule has 2 aliphatic carbocycles. The van der Waals surface area contributed by atoms with Crippen molar-refractivity contribution in [3.63, 3.8) is 0 Å². The molecule has 2 heteroatoms. The lowest BCUT2D eigenvalue weighted by atomic mass is 9.80. The summed E-state index contributed by atoms with van der Waals surface area (Å²) in [6.07, 6.45) is 8.79. The maximum Gasteiger partial charge on any atom is 0.0822 e. The summed E-state index contributed by atoms with van der Waals surface area (Å²) >= 11 is 0. The van der Waals surface area contributed by atoms with Crippen molar-refractivity contribution >= 4 is 21.5 Å². The van der Waals surface area contributed by atoms with Crippen LogP contribution in [0.1, 0.15) is 62.5 Å². The van der Waals surface area contributed by atoms with Gasteiger partial charge >= 0.3 is 0 Å². The molecule has 2 aliphatic rings. The molecule has 4 aromatic rings. The van der Waals surface area contributed by atoms with Crippen molar-refractivity contribution in [3.05, 3.63) is 96.1 Å². The molecule has 0 bridgehead atoms. The van der Waals surface area contributed by atoms with E-state index in [-0.39, 0.29) is 10.8 Å². The summed E-state index contributed by atoms with van der Waals surface area (Å²) in [5.74, 6) is 0. The van der Waals surface area contributed by atoms with Gasteiger partial charge in [-0.25, -0.2) is 0 Å². The van der Waals surface area contributed by atoms with E-state index >= 15 is 0 Å². The van der Waals surface area contributed by atoms with E-state index < -0.39 is 0 Å². The summed E-state index contributed by atoms with van der Waals surface area (Å²) in [7, 11) is 0. The van der Waals surface area contributed by atoms with Gasteiger partial charge in [0.05, 0.1) is 23.0 Å². The molecule has 168 valence electrons. The summed E-state index contributed by atoms with van der Waals surface area (Å²) in [6.45, 7) is 0. The fraction of sp³-hybridized carbons (Fsp3) is 0.312. The second kappa shape index (κ2) is 9.32. The van der Waals surface area contributed by atoms with E-state index in [2.05, 4.69) is 97.1 Å². The van der Waals surface area contributed by atoms with Crippen molar-refractivity contribution in [3.8, 4) is 12.1 Å². The van der Waals surface area contributed by atoms with Crippen LogP contribution >= 0.6 is 0 Å². The normalized spacial score (nSPS) is 18.1. The van der Waals surface area contributed by atoms with Crippen LogP contribution in [0.3, 0.4) is 0 Å². The van der Waals surface area contributed by atoms with Crippen molar-refractivity contribution in [2.75, 3.05) is 0 Å². The molecule has 0 unspecified atom stereocenters. The average molecular weight is 443 g/mol. The number of nitriles is 2. The Morgan fingerprint density at radius 1 is 0.471 bits per heavy atom. The minimum atomic E-state index is -0.218. The fourth-order valence-corrected chi connectivity index (χ4v) is 5.86. The summed E-state index contributed by atoms with van der Waals surface area (Å²) in [5.41, 5.74) is 1.97. The van der Waals surface area contributed by atoms with Crippen molar-refractivity contribution in [2.24, 2.45) is 0 Å².